The van der Waals surface area contributed by atoms with Crippen LogP contribution in [-0.4, -0.2) is 11.0 Å². The number of rotatable bonds is 3. The van der Waals surface area contributed by atoms with Gasteiger partial charge < -0.3 is 14.4 Å². The van der Waals surface area contributed by atoms with Crippen molar-refractivity contribution in [3.8, 4) is 5.75 Å². The van der Waals surface area contributed by atoms with Crippen LogP contribution in [0.15, 0.2) is 63.5 Å². The van der Waals surface area contributed by atoms with Gasteiger partial charge in [-0.2, -0.15) is 13.2 Å². The quantitative estimate of drug-likeness (QED) is 0.576. The Labute approximate surface area is 166 Å². The van der Waals surface area contributed by atoms with E-state index in [-0.39, 0.29) is 24.0 Å². The Morgan fingerprint density at radius 2 is 1.82 bits per heavy atom. The molecular formula is C20H13BrF3NO3. The minimum absolute atomic E-state index is 0.0228. The van der Waals surface area contributed by atoms with Gasteiger partial charge in [-0.25, -0.2) is 0 Å². The van der Waals surface area contributed by atoms with E-state index in [1.165, 1.54) is 17.0 Å². The van der Waals surface area contributed by atoms with Gasteiger partial charge in [0.2, 0.25) is 11.7 Å². The lowest BCUT2D eigenvalue weighted by Gasteiger charge is -2.17. The molecule has 8 heteroatoms. The summed E-state index contributed by atoms with van der Waals surface area (Å²) < 4.78 is 43.9. The van der Waals surface area contributed by atoms with Crippen LogP contribution in [0, 0.1) is 0 Å². The van der Waals surface area contributed by atoms with Crippen molar-refractivity contribution >= 4 is 27.5 Å². The maximum Gasteiger partial charge on any atom is 0.449 e. The minimum atomic E-state index is -4.59. The summed E-state index contributed by atoms with van der Waals surface area (Å²) in [6.45, 7) is -0.142. The molecule has 0 fully saturated rings. The number of anilines is 1. The molecule has 0 aliphatic carbocycles. The van der Waals surface area contributed by atoms with Crippen molar-refractivity contribution in [2.75, 3.05) is 4.90 Å². The summed E-state index contributed by atoms with van der Waals surface area (Å²) in [5.41, 5.74) is 1.66. The highest BCUT2D eigenvalue weighted by Crippen LogP contribution is 2.45. The first kappa shape index (κ1) is 18.6. The molecule has 4 nitrogen and oxygen atoms in total. The SMILES string of the molecule is O=C1C(c2cc(Br)ccc2O)c2ccccc2N1Cc1ccc(C(F)(F)F)o1. The molecule has 0 saturated carbocycles. The highest BCUT2D eigenvalue weighted by molar-refractivity contribution is 9.10. The number of aromatic hydroxyl groups is 1. The van der Waals surface area contributed by atoms with Crippen LogP contribution >= 0.6 is 15.9 Å². The van der Waals surface area contributed by atoms with Crippen molar-refractivity contribution < 1.29 is 27.5 Å². The number of fused-ring (bicyclic) bond motifs is 1. The summed E-state index contributed by atoms with van der Waals surface area (Å²) >= 11 is 3.34. The number of phenolic OH excluding ortho intramolecular Hbond substituents is 1. The summed E-state index contributed by atoms with van der Waals surface area (Å²) in [6, 6.07) is 13.9. The Bertz CT molecular complexity index is 1060. The fourth-order valence-electron chi connectivity index (χ4n) is 3.38. The van der Waals surface area contributed by atoms with Crippen LogP contribution in [0.2, 0.25) is 0 Å². The highest BCUT2D eigenvalue weighted by atomic mass is 79.9. The number of hydrogen-bond acceptors (Lipinski definition) is 3. The average molecular weight is 452 g/mol. The van der Waals surface area contributed by atoms with E-state index in [4.69, 9.17) is 4.42 Å². The molecule has 1 unspecified atom stereocenters. The average Bonchev–Trinajstić information content (AvgIpc) is 3.22. The fourth-order valence-corrected chi connectivity index (χ4v) is 3.76. The van der Waals surface area contributed by atoms with Crippen LogP contribution in [0.4, 0.5) is 18.9 Å². The van der Waals surface area contributed by atoms with Gasteiger partial charge in [0, 0.05) is 15.7 Å². The van der Waals surface area contributed by atoms with Gasteiger partial charge >= 0.3 is 6.18 Å². The number of benzene rings is 2. The summed E-state index contributed by atoms with van der Waals surface area (Å²) in [5, 5.41) is 10.3. The second kappa shape index (κ2) is 6.70. The topological polar surface area (TPSA) is 53.7 Å². The van der Waals surface area contributed by atoms with Crippen LogP contribution in [0.25, 0.3) is 0 Å². The van der Waals surface area contributed by atoms with E-state index < -0.39 is 17.9 Å². The standard InChI is InChI=1S/C20H13BrF3NO3/c21-11-5-7-16(26)14(9-11)18-13-3-1-2-4-15(13)25(19(18)27)10-12-6-8-17(28-12)20(22,23)24/h1-9,18,26H,10H2. The van der Waals surface area contributed by atoms with Gasteiger partial charge in [-0.05, 0) is 42.0 Å². The molecule has 3 aromatic rings. The minimum Gasteiger partial charge on any atom is -0.508 e. The summed E-state index contributed by atoms with van der Waals surface area (Å²) in [5.74, 6) is -2.22. The predicted molar refractivity (Wildman–Crippen MR) is 99.0 cm³/mol. The molecular weight excluding hydrogens is 439 g/mol. The molecule has 1 amide bonds. The number of furan rings is 1. The van der Waals surface area contributed by atoms with Gasteiger partial charge in [-0.1, -0.05) is 34.1 Å². The van der Waals surface area contributed by atoms with Crippen LogP contribution < -0.4 is 4.90 Å². The van der Waals surface area contributed by atoms with E-state index in [2.05, 4.69) is 15.9 Å². The first-order chi connectivity index (χ1) is 13.3. The molecule has 0 spiro atoms. The van der Waals surface area contributed by atoms with E-state index in [9.17, 15) is 23.1 Å². The third-order valence-corrected chi connectivity index (χ3v) is 5.10. The monoisotopic (exact) mass is 451 g/mol. The van der Waals surface area contributed by atoms with Crippen molar-refractivity contribution in [3.63, 3.8) is 0 Å². The van der Waals surface area contributed by atoms with Gasteiger partial charge in [-0.3, -0.25) is 4.79 Å². The maximum atomic E-state index is 13.2. The molecule has 0 radical (unpaired) electrons. The zero-order valence-corrected chi connectivity index (χ0v) is 15.8. The Morgan fingerprint density at radius 3 is 2.54 bits per heavy atom. The number of hydrogen-bond donors (Lipinski definition) is 1. The van der Waals surface area contributed by atoms with Crippen molar-refractivity contribution in [1.29, 1.82) is 0 Å². The second-order valence-corrected chi connectivity index (χ2v) is 7.30. The van der Waals surface area contributed by atoms with Gasteiger partial charge in [-0.15, -0.1) is 0 Å². The number of halogens is 4. The van der Waals surface area contributed by atoms with E-state index in [0.29, 0.717) is 21.3 Å². The lowest BCUT2D eigenvalue weighted by Crippen LogP contribution is -2.28. The molecule has 1 atom stereocenters. The first-order valence-corrected chi connectivity index (χ1v) is 9.09. The summed E-state index contributed by atoms with van der Waals surface area (Å²) in [6.07, 6.45) is -4.59. The number of amides is 1. The third kappa shape index (κ3) is 3.17. The van der Waals surface area contributed by atoms with E-state index in [1.54, 1.807) is 36.4 Å². The molecule has 2 aromatic carbocycles. The smallest absolute Gasteiger partial charge is 0.449 e. The Morgan fingerprint density at radius 1 is 1.07 bits per heavy atom. The van der Waals surface area contributed by atoms with Crippen molar-refractivity contribution in [2.24, 2.45) is 0 Å². The maximum absolute atomic E-state index is 13.2. The van der Waals surface area contributed by atoms with Crippen molar-refractivity contribution in [2.45, 2.75) is 18.6 Å². The normalized spacial score (nSPS) is 16.5. The van der Waals surface area contributed by atoms with Crippen LogP contribution in [0.5, 0.6) is 5.75 Å². The number of carbonyl (C=O) groups excluding carboxylic acids is 1. The summed E-state index contributed by atoms with van der Waals surface area (Å²) in [7, 11) is 0. The number of para-hydroxylation sites is 1. The lowest BCUT2D eigenvalue weighted by atomic mass is 9.92. The highest BCUT2D eigenvalue weighted by Gasteiger charge is 2.40. The molecule has 1 aromatic heterocycles. The predicted octanol–water partition coefficient (Wildman–Crippen LogP) is 5.45. The van der Waals surface area contributed by atoms with Crippen molar-refractivity contribution in [1.82, 2.24) is 0 Å². The van der Waals surface area contributed by atoms with E-state index in [0.717, 1.165) is 6.07 Å². The fraction of sp³-hybridized carbons (Fsp3) is 0.150. The van der Waals surface area contributed by atoms with E-state index >= 15 is 0 Å². The molecule has 1 aliphatic rings. The van der Waals surface area contributed by atoms with Gasteiger partial charge in [0.15, 0.2) is 0 Å². The Balaban J connectivity index is 1.73. The number of nitrogens with zero attached hydrogens (tertiary/aromatic N) is 1. The zero-order valence-electron chi connectivity index (χ0n) is 14.2. The van der Waals surface area contributed by atoms with E-state index in [1.807, 2.05) is 0 Å². The molecule has 144 valence electrons. The molecule has 0 saturated heterocycles. The molecule has 0 bridgehead atoms. The Hall–Kier alpha value is -2.74. The number of phenols is 1. The molecule has 2 heterocycles. The van der Waals surface area contributed by atoms with Crippen LogP contribution in [-0.2, 0) is 17.5 Å². The molecule has 4 rings (SSSR count). The van der Waals surface area contributed by atoms with Crippen LogP contribution in [0.1, 0.15) is 28.6 Å². The number of carbonyl (C=O) groups is 1. The lowest BCUT2D eigenvalue weighted by molar-refractivity contribution is -0.153. The van der Waals surface area contributed by atoms with Gasteiger partial charge in [0.05, 0.1) is 12.5 Å². The molecule has 1 aliphatic heterocycles. The largest absolute Gasteiger partial charge is 0.508 e. The van der Waals surface area contributed by atoms with Crippen molar-refractivity contribution in [3.05, 3.63) is 81.7 Å². The van der Waals surface area contributed by atoms with Crippen LogP contribution in [0.3, 0.4) is 0 Å². The molecule has 28 heavy (non-hydrogen) atoms. The first-order valence-electron chi connectivity index (χ1n) is 8.30. The summed E-state index contributed by atoms with van der Waals surface area (Å²) in [4.78, 5) is 14.5. The third-order valence-electron chi connectivity index (χ3n) is 4.61. The van der Waals surface area contributed by atoms with Gasteiger partial charge in [0.1, 0.15) is 11.5 Å². The Kier molecular flexibility index (Phi) is 4.45. The number of alkyl halides is 3. The zero-order chi connectivity index (χ0) is 20.1. The molecule has 1 N–H and O–H groups in total. The second-order valence-electron chi connectivity index (χ2n) is 6.38. The van der Waals surface area contributed by atoms with Gasteiger partial charge in [0.25, 0.3) is 0 Å².